The van der Waals surface area contributed by atoms with Gasteiger partial charge in [-0.3, -0.25) is 19.2 Å². The van der Waals surface area contributed by atoms with Crippen LogP contribution in [0.2, 0.25) is 0 Å². The smallest absolute Gasteiger partial charge is 0.328 e. The number of likely N-dealkylation sites (N-methyl/N-ethyl adjacent to an activating group) is 3. The predicted molar refractivity (Wildman–Crippen MR) is 185 cm³/mol. The van der Waals surface area contributed by atoms with Crippen molar-refractivity contribution in [2.75, 3.05) is 67.0 Å². The zero-order chi connectivity index (χ0) is 37.3. The van der Waals surface area contributed by atoms with E-state index in [0.717, 1.165) is 11.4 Å². The highest BCUT2D eigenvalue weighted by molar-refractivity contribution is 5.95. The monoisotopic (exact) mass is 699 g/mol. The van der Waals surface area contributed by atoms with Gasteiger partial charge in [0, 0.05) is 86.4 Å². The summed E-state index contributed by atoms with van der Waals surface area (Å²) < 4.78 is 12.0. The number of anilines is 1. The van der Waals surface area contributed by atoms with Gasteiger partial charge in [-0.15, -0.1) is 0 Å². The zero-order valence-electron chi connectivity index (χ0n) is 31.1. The minimum atomic E-state index is -1.03. The molecule has 16 heteroatoms. The molecule has 1 aliphatic heterocycles. The summed E-state index contributed by atoms with van der Waals surface area (Å²) in [4.78, 5) is 88.6. The van der Waals surface area contributed by atoms with E-state index in [-0.39, 0.29) is 25.4 Å². The number of nitrogens with zero attached hydrogens (tertiary/aromatic N) is 9. The van der Waals surface area contributed by atoms with Crippen LogP contribution in [-0.4, -0.2) is 155 Å². The third kappa shape index (κ3) is 9.76. The fraction of sp³-hybridized carbons (Fsp3) is 0.647. The molecule has 16 nitrogen and oxygen atoms in total. The molecule has 2 aromatic rings. The van der Waals surface area contributed by atoms with Crippen LogP contribution in [0.15, 0.2) is 18.6 Å². The van der Waals surface area contributed by atoms with Gasteiger partial charge in [-0.25, -0.2) is 19.7 Å². The number of amides is 4. The summed E-state index contributed by atoms with van der Waals surface area (Å²) in [6, 6.07) is -1.91. The molecule has 276 valence electrons. The summed E-state index contributed by atoms with van der Waals surface area (Å²) in [7, 11) is 10.9. The fourth-order valence-electron chi connectivity index (χ4n) is 6.25. The molecule has 0 aliphatic carbocycles. The molecule has 4 amide bonds. The minimum Gasteiger partial charge on any atom is -0.467 e. The van der Waals surface area contributed by atoms with Crippen molar-refractivity contribution < 1.29 is 33.4 Å². The summed E-state index contributed by atoms with van der Waals surface area (Å²) in [6.07, 6.45) is 5.22. The van der Waals surface area contributed by atoms with Crippen LogP contribution in [0.5, 0.6) is 0 Å². The van der Waals surface area contributed by atoms with E-state index in [1.807, 2.05) is 31.9 Å². The molecule has 3 heterocycles. The largest absolute Gasteiger partial charge is 0.467 e. The molecule has 1 fully saturated rings. The van der Waals surface area contributed by atoms with E-state index in [1.165, 1.54) is 61.9 Å². The molecular weight excluding hydrogens is 646 g/mol. The lowest BCUT2D eigenvalue weighted by molar-refractivity contribution is -0.156. The van der Waals surface area contributed by atoms with Crippen LogP contribution in [0.25, 0.3) is 0 Å². The van der Waals surface area contributed by atoms with E-state index in [2.05, 4.69) is 15.0 Å². The number of ether oxygens (including phenoxy) is 2. The molecular formula is C34H53N9O7. The van der Waals surface area contributed by atoms with Crippen LogP contribution in [0.4, 0.5) is 5.95 Å². The number of esters is 1. The van der Waals surface area contributed by atoms with Gasteiger partial charge in [-0.2, -0.15) is 0 Å². The van der Waals surface area contributed by atoms with Gasteiger partial charge in [0.2, 0.25) is 29.6 Å². The maximum atomic E-state index is 14.6. The first-order chi connectivity index (χ1) is 23.6. The van der Waals surface area contributed by atoms with Crippen LogP contribution < -0.4 is 4.90 Å². The standard InChI is InChI=1S/C34H53N9O7/c1-22-17-23(2)37-34(36-22)39(5)15-11-13-26(41(7)31(46)29(20-49-9)40(6)24(3)44)30(45)42(8)28(18-25-19-38(4)21-35-25)32(47)43-16-12-14-27(43)33(48)50-10/h17,19,21,26-29H,11-16,18,20H2,1-10H3. The Labute approximate surface area is 294 Å². The van der Waals surface area contributed by atoms with Gasteiger partial charge < -0.3 is 38.5 Å². The Morgan fingerprint density at radius 1 is 0.940 bits per heavy atom. The Hall–Kier alpha value is -4.60. The highest BCUT2D eigenvalue weighted by atomic mass is 16.5. The summed E-state index contributed by atoms with van der Waals surface area (Å²) in [5, 5.41) is 0. The summed E-state index contributed by atoms with van der Waals surface area (Å²) in [6.45, 7) is 5.87. The number of methoxy groups -OCH3 is 2. The average molecular weight is 700 g/mol. The molecule has 2 aromatic heterocycles. The second-order valence-electron chi connectivity index (χ2n) is 13.0. The van der Waals surface area contributed by atoms with Crippen molar-refractivity contribution in [1.82, 2.24) is 39.1 Å². The van der Waals surface area contributed by atoms with E-state index < -0.39 is 47.9 Å². The number of hydrogen-bond acceptors (Lipinski definition) is 11. The highest BCUT2D eigenvalue weighted by Gasteiger charge is 2.42. The van der Waals surface area contributed by atoms with Crippen molar-refractivity contribution in [2.24, 2.45) is 7.05 Å². The third-order valence-electron chi connectivity index (χ3n) is 9.23. The van der Waals surface area contributed by atoms with Crippen LogP contribution in [0.1, 0.15) is 49.7 Å². The van der Waals surface area contributed by atoms with Gasteiger partial charge in [0.1, 0.15) is 24.2 Å². The van der Waals surface area contributed by atoms with E-state index in [0.29, 0.717) is 44.0 Å². The molecule has 0 radical (unpaired) electrons. The molecule has 50 heavy (non-hydrogen) atoms. The van der Waals surface area contributed by atoms with Gasteiger partial charge >= 0.3 is 5.97 Å². The average Bonchev–Trinajstić information content (AvgIpc) is 3.74. The van der Waals surface area contributed by atoms with Gasteiger partial charge in [-0.05, 0) is 45.6 Å². The molecule has 0 bridgehead atoms. The minimum absolute atomic E-state index is 0.0759. The lowest BCUT2D eigenvalue weighted by atomic mass is 10.0. The molecule has 4 atom stereocenters. The number of aryl methyl sites for hydroxylation is 3. The molecule has 4 unspecified atom stereocenters. The topological polar surface area (TPSA) is 164 Å². The second-order valence-corrected chi connectivity index (χ2v) is 13.0. The molecule has 0 saturated carbocycles. The number of imidazole rings is 1. The Morgan fingerprint density at radius 3 is 2.12 bits per heavy atom. The molecule has 0 spiro atoms. The van der Waals surface area contributed by atoms with Crippen molar-refractivity contribution in [1.29, 1.82) is 0 Å². The van der Waals surface area contributed by atoms with Crippen LogP contribution in [-0.2, 0) is 46.9 Å². The number of likely N-dealkylation sites (tertiary alicyclic amines) is 1. The predicted octanol–water partition coefficient (Wildman–Crippen LogP) is 0.597. The Morgan fingerprint density at radius 2 is 1.56 bits per heavy atom. The molecule has 1 aliphatic rings. The molecule has 0 aromatic carbocycles. The first-order valence-corrected chi connectivity index (χ1v) is 16.7. The van der Waals surface area contributed by atoms with Crippen LogP contribution in [0, 0.1) is 13.8 Å². The number of aromatic nitrogens is 4. The second kappa shape index (κ2) is 17.9. The molecule has 1 saturated heterocycles. The Balaban J connectivity index is 1.98. The quantitative estimate of drug-likeness (QED) is 0.226. The third-order valence-corrected chi connectivity index (χ3v) is 9.23. The normalized spacial score (nSPS) is 16.0. The summed E-state index contributed by atoms with van der Waals surface area (Å²) in [5.41, 5.74) is 2.24. The number of rotatable bonds is 16. The van der Waals surface area contributed by atoms with Crippen molar-refractivity contribution >= 4 is 35.5 Å². The van der Waals surface area contributed by atoms with Gasteiger partial charge in [0.25, 0.3) is 0 Å². The lowest BCUT2D eigenvalue weighted by Gasteiger charge is -2.38. The van der Waals surface area contributed by atoms with Crippen molar-refractivity contribution in [3.05, 3.63) is 35.7 Å². The van der Waals surface area contributed by atoms with Gasteiger partial charge in [0.15, 0.2) is 0 Å². The van der Waals surface area contributed by atoms with Crippen LogP contribution >= 0.6 is 0 Å². The first kappa shape index (κ1) is 39.8. The maximum absolute atomic E-state index is 14.6. The van der Waals surface area contributed by atoms with Crippen molar-refractivity contribution in [3.63, 3.8) is 0 Å². The SMILES string of the molecule is COCC(C(=O)N(C)C(CCCN(C)c1nc(C)cc(C)n1)C(=O)N(C)C(Cc1cn(C)cn1)C(=O)N1CCCC1C(=O)OC)N(C)C(C)=O. The number of carbonyl (C=O) groups is 5. The lowest BCUT2D eigenvalue weighted by Crippen LogP contribution is -2.59. The fourth-order valence-corrected chi connectivity index (χ4v) is 6.25. The Bertz CT molecular complexity index is 1500. The van der Waals surface area contributed by atoms with E-state index in [9.17, 15) is 24.0 Å². The first-order valence-electron chi connectivity index (χ1n) is 16.7. The molecule has 3 rings (SSSR count). The van der Waals surface area contributed by atoms with Crippen molar-refractivity contribution in [2.45, 2.75) is 77.0 Å². The highest BCUT2D eigenvalue weighted by Crippen LogP contribution is 2.24. The van der Waals surface area contributed by atoms with Gasteiger partial charge in [0.05, 0.1) is 25.7 Å². The van der Waals surface area contributed by atoms with Gasteiger partial charge in [-0.1, -0.05) is 0 Å². The number of hydrogen-bond donors (Lipinski definition) is 0. The zero-order valence-corrected chi connectivity index (χ0v) is 31.1. The van der Waals surface area contributed by atoms with Crippen LogP contribution in [0.3, 0.4) is 0 Å². The molecule has 0 N–H and O–H groups in total. The maximum Gasteiger partial charge on any atom is 0.328 e. The van der Waals surface area contributed by atoms with E-state index >= 15 is 0 Å². The number of carbonyl (C=O) groups excluding carboxylic acids is 5. The summed E-state index contributed by atoms with van der Waals surface area (Å²) in [5.74, 6) is -1.68. The summed E-state index contributed by atoms with van der Waals surface area (Å²) >= 11 is 0. The Kier molecular flexibility index (Phi) is 14.2. The van der Waals surface area contributed by atoms with E-state index in [1.54, 1.807) is 24.1 Å². The van der Waals surface area contributed by atoms with Crippen molar-refractivity contribution in [3.8, 4) is 0 Å². The van der Waals surface area contributed by atoms with E-state index in [4.69, 9.17) is 9.47 Å².